The second-order valence-corrected chi connectivity index (χ2v) is 7.53. The van der Waals surface area contributed by atoms with E-state index in [1.54, 1.807) is 0 Å². The Bertz CT molecular complexity index is 1070. The van der Waals surface area contributed by atoms with E-state index in [0.29, 0.717) is 19.6 Å². The van der Waals surface area contributed by atoms with Gasteiger partial charge in [-0.3, -0.25) is 0 Å². The van der Waals surface area contributed by atoms with E-state index in [0.717, 1.165) is 28.0 Å². The molecule has 0 saturated carbocycles. The molecule has 2 aromatic heterocycles. The van der Waals surface area contributed by atoms with E-state index < -0.39 is 12.1 Å². The number of hydrogen-bond acceptors (Lipinski definition) is 6. The molecule has 4 N–H and O–H groups in total. The fraction of sp³-hybridized carbons (Fsp3) is 0.250. The minimum atomic E-state index is -0.804. The number of fused-ring (bicyclic) bond motifs is 1. The summed E-state index contributed by atoms with van der Waals surface area (Å²) in [6.45, 7) is 1.28. The van der Waals surface area contributed by atoms with Gasteiger partial charge in [-0.25, -0.2) is 9.97 Å². The van der Waals surface area contributed by atoms with Gasteiger partial charge in [0.2, 0.25) is 0 Å². The number of nitrogens with one attached hydrogen (secondary N) is 2. The highest BCUT2D eigenvalue weighted by Crippen LogP contribution is 2.24. The third-order valence-corrected chi connectivity index (χ3v) is 5.33. The van der Waals surface area contributed by atoms with E-state index >= 15 is 0 Å². The number of aromatic amines is 1. The summed E-state index contributed by atoms with van der Waals surface area (Å²) in [5.74, 6) is 0.744. The fourth-order valence-corrected chi connectivity index (χ4v) is 3.66. The number of H-pyrrole nitrogens is 1. The molecule has 0 spiro atoms. The largest absolute Gasteiger partial charge is 0.395 e. The first kappa shape index (κ1) is 21.0. The Morgan fingerprint density at radius 2 is 1.65 bits per heavy atom. The van der Waals surface area contributed by atoms with Crippen molar-refractivity contribution in [3.8, 4) is 0 Å². The molecule has 0 aliphatic rings. The van der Waals surface area contributed by atoms with Crippen LogP contribution in [0.1, 0.15) is 11.1 Å². The second kappa shape index (κ2) is 10.2. The summed E-state index contributed by atoms with van der Waals surface area (Å²) in [7, 11) is 0. The van der Waals surface area contributed by atoms with Crippen LogP contribution < -0.4 is 10.2 Å². The average molecular weight is 418 g/mol. The van der Waals surface area contributed by atoms with Crippen LogP contribution in [-0.4, -0.2) is 50.5 Å². The number of anilines is 1. The van der Waals surface area contributed by atoms with Crippen molar-refractivity contribution >= 4 is 16.9 Å². The van der Waals surface area contributed by atoms with Gasteiger partial charge in [-0.2, -0.15) is 0 Å². The molecule has 2 unspecified atom stereocenters. The molecule has 4 aromatic rings. The molecule has 2 heterocycles. The maximum absolute atomic E-state index is 11.0. The molecule has 0 radical (unpaired) electrons. The van der Waals surface area contributed by atoms with E-state index in [1.807, 2.05) is 77.8 Å². The lowest BCUT2D eigenvalue weighted by Gasteiger charge is -2.30. The number of aliphatic hydroxyl groups is 2. The molecular formula is C24H27N5O2. The van der Waals surface area contributed by atoms with Gasteiger partial charge in [0.1, 0.15) is 17.8 Å². The Labute approximate surface area is 181 Å². The van der Waals surface area contributed by atoms with Crippen LogP contribution in [0.3, 0.4) is 0 Å². The summed E-state index contributed by atoms with van der Waals surface area (Å²) in [4.78, 5) is 13.9. The lowest BCUT2D eigenvalue weighted by molar-refractivity contribution is 0.0932. The molecule has 0 aliphatic carbocycles. The summed E-state index contributed by atoms with van der Waals surface area (Å²) >= 11 is 0. The van der Waals surface area contributed by atoms with Crippen LogP contribution in [0.5, 0.6) is 0 Å². The van der Waals surface area contributed by atoms with Crippen molar-refractivity contribution in [1.29, 1.82) is 0 Å². The standard InChI is InChI=1S/C24H27N5O2/c30-16-21(26-13-18-7-3-1-4-8-18)22(31)15-29(14-19-9-5-2-6-10-19)24-20-11-12-25-23(20)27-17-28-24/h1-12,17,21-22,26,30-31H,13-16H2,(H,25,27,28). The Balaban J connectivity index is 1.53. The Kier molecular flexibility index (Phi) is 6.89. The van der Waals surface area contributed by atoms with Gasteiger partial charge in [-0.05, 0) is 17.2 Å². The number of benzene rings is 2. The van der Waals surface area contributed by atoms with Crippen LogP contribution in [0.2, 0.25) is 0 Å². The highest BCUT2D eigenvalue weighted by atomic mass is 16.3. The monoisotopic (exact) mass is 417 g/mol. The Hall–Kier alpha value is -3.26. The van der Waals surface area contributed by atoms with Gasteiger partial charge in [0.25, 0.3) is 0 Å². The van der Waals surface area contributed by atoms with Crippen molar-refractivity contribution in [3.05, 3.63) is 90.4 Å². The third-order valence-electron chi connectivity index (χ3n) is 5.33. The Morgan fingerprint density at radius 1 is 0.935 bits per heavy atom. The van der Waals surface area contributed by atoms with E-state index in [-0.39, 0.29) is 6.61 Å². The second-order valence-electron chi connectivity index (χ2n) is 7.53. The van der Waals surface area contributed by atoms with Crippen molar-refractivity contribution in [2.75, 3.05) is 18.1 Å². The van der Waals surface area contributed by atoms with E-state index in [4.69, 9.17) is 0 Å². The topological polar surface area (TPSA) is 97.3 Å². The molecule has 160 valence electrons. The molecule has 0 fully saturated rings. The lowest BCUT2D eigenvalue weighted by Crippen LogP contribution is -2.48. The number of aromatic nitrogens is 3. The summed E-state index contributed by atoms with van der Waals surface area (Å²) in [5, 5.41) is 25.1. The minimum Gasteiger partial charge on any atom is -0.395 e. The number of nitrogens with zero attached hydrogens (tertiary/aromatic N) is 3. The summed E-state index contributed by atoms with van der Waals surface area (Å²) in [6.07, 6.45) is 2.55. The molecular weight excluding hydrogens is 390 g/mol. The molecule has 2 aromatic carbocycles. The zero-order chi connectivity index (χ0) is 21.5. The Morgan fingerprint density at radius 3 is 2.35 bits per heavy atom. The average Bonchev–Trinajstić information content (AvgIpc) is 3.29. The van der Waals surface area contributed by atoms with Crippen molar-refractivity contribution in [2.45, 2.75) is 25.2 Å². The van der Waals surface area contributed by atoms with Gasteiger partial charge in [-0.1, -0.05) is 60.7 Å². The first-order valence-electron chi connectivity index (χ1n) is 10.4. The lowest BCUT2D eigenvalue weighted by atomic mass is 10.1. The maximum atomic E-state index is 11.0. The highest BCUT2D eigenvalue weighted by molar-refractivity contribution is 5.87. The third kappa shape index (κ3) is 5.27. The number of hydrogen-bond donors (Lipinski definition) is 4. The molecule has 0 bridgehead atoms. The van der Waals surface area contributed by atoms with Crippen LogP contribution in [0.15, 0.2) is 79.3 Å². The fourth-order valence-electron chi connectivity index (χ4n) is 3.66. The smallest absolute Gasteiger partial charge is 0.142 e. The first-order valence-corrected chi connectivity index (χ1v) is 10.4. The van der Waals surface area contributed by atoms with Crippen LogP contribution in [-0.2, 0) is 13.1 Å². The van der Waals surface area contributed by atoms with E-state index in [9.17, 15) is 10.2 Å². The maximum Gasteiger partial charge on any atom is 0.142 e. The van der Waals surface area contributed by atoms with Gasteiger partial charge in [0.15, 0.2) is 0 Å². The summed E-state index contributed by atoms with van der Waals surface area (Å²) < 4.78 is 0. The molecule has 31 heavy (non-hydrogen) atoms. The van der Waals surface area contributed by atoms with Gasteiger partial charge in [-0.15, -0.1) is 0 Å². The SMILES string of the molecule is OCC(NCc1ccccc1)C(O)CN(Cc1ccccc1)c1ncnc2[nH]ccc12. The predicted molar refractivity (Wildman–Crippen MR) is 122 cm³/mol. The molecule has 0 amide bonds. The molecule has 0 aliphatic heterocycles. The zero-order valence-electron chi connectivity index (χ0n) is 17.2. The molecule has 0 saturated heterocycles. The van der Waals surface area contributed by atoms with Gasteiger partial charge in [0.05, 0.1) is 24.1 Å². The zero-order valence-corrected chi connectivity index (χ0v) is 17.2. The minimum absolute atomic E-state index is 0.170. The highest BCUT2D eigenvalue weighted by Gasteiger charge is 2.23. The first-order chi connectivity index (χ1) is 15.2. The molecule has 7 nitrogen and oxygen atoms in total. The van der Waals surface area contributed by atoms with Gasteiger partial charge < -0.3 is 25.4 Å². The van der Waals surface area contributed by atoms with Crippen molar-refractivity contribution in [1.82, 2.24) is 20.3 Å². The van der Waals surface area contributed by atoms with Gasteiger partial charge >= 0.3 is 0 Å². The molecule has 4 rings (SSSR count). The normalized spacial score (nSPS) is 13.2. The van der Waals surface area contributed by atoms with Crippen molar-refractivity contribution in [2.24, 2.45) is 0 Å². The van der Waals surface area contributed by atoms with Crippen LogP contribution in [0, 0.1) is 0 Å². The molecule has 2 atom stereocenters. The molecule has 7 heteroatoms. The summed E-state index contributed by atoms with van der Waals surface area (Å²) in [6, 6.07) is 21.5. The van der Waals surface area contributed by atoms with Crippen LogP contribution in [0.25, 0.3) is 11.0 Å². The summed E-state index contributed by atoms with van der Waals surface area (Å²) in [5.41, 5.74) is 2.95. The van der Waals surface area contributed by atoms with Crippen molar-refractivity contribution in [3.63, 3.8) is 0 Å². The number of aliphatic hydroxyl groups excluding tert-OH is 2. The number of rotatable bonds is 10. The van der Waals surface area contributed by atoms with E-state index in [1.165, 1.54) is 6.33 Å². The van der Waals surface area contributed by atoms with Crippen LogP contribution in [0.4, 0.5) is 5.82 Å². The van der Waals surface area contributed by atoms with Crippen molar-refractivity contribution < 1.29 is 10.2 Å². The van der Waals surface area contributed by atoms with Crippen LogP contribution >= 0.6 is 0 Å². The van der Waals surface area contributed by atoms with E-state index in [2.05, 4.69) is 20.3 Å². The quantitative estimate of drug-likeness (QED) is 0.317. The predicted octanol–water partition coefficient (Wildman–Crippen LogP) is 2.48. The van der Waals surface area contributed by atoms with Gasteiger partial charge in [0, 0.05) is 25.8 Å².